The summed E-state index contributed by atoms with van der Waals surface area (Å²) in [4.78, 5) is 12.4. The number of hydrogen-bond acceptors (Lipinski definition) is 11. The van der Waals surface area contributed by atoms with Crippen molar-refractivity contribution in [2.75, 3.05) is 12.3 Å². The van der Waals surface area contributed by atoms with Gasteiger partial charge in [0.25, 0.3) is 0 Å². The normalized spacial score (nSPS) is 24.1. The van der Waals surface area contributed by atoms with Crippen molar-refractivity contribution in [3.8, 4) is 0 Å². The number of aliphatic hydroxyl groups is 1. The Labute approximate surface area is 180 Å². The summed E-state index contributed by atoms with van der Waals surface area (Å²) in [6.07, 6.45) is -3.48. The minimum absolute atomic E-state index is 0.119. The molecule has 15 heteroatoms. The zero-order chi connectivity index (χ0) is 22.3. The maximum Gasteiger partial charge on any atom is 0.333 e. The van der Waals surface area contributed by atoms with Crippen LogP contribution in [0.2, 0.25) is 0 Å². The molecule has 0 unspecified atom stereocenters. The zero-order valence-corrected chi connectivity index (χ0v) is 17.6. The third-order valence-corrected chi connectivity index (χ3v) is 5.90. The van der Waals surface area contributed by atoms with Crippen molar-refractivity contribution >= 4 is 38.9 Å². The van der Waals surface area contributed by atoms with Gasteiger partial charge in [0.15, 0.2) is 18.0 Å². The molecule has 31 heavy (non-hydrogen) atoms. The molecule has 12 nitrogen and oxygen atoms in total. The number of fused-ring (bicyclic) bond motifs is 1. The van der Waals surface area contributed by atoms with Crippen LogP contribution in [0.4, 0.5) is 10.2 Å². The highest BCUT2D eigenvalue weighted by atomic mass is 32.2. The Morgan fingerprint density at radius 1 is 1.35 bits per heavy atom. The lowest BCUT2D eigenvalue weighted by Crippen LogP contribution is -2.33. The van der Waals surface area contributed by atoms with E-state index in [1.54, 1.807) is 12.3 Å². The number of anilines is 1. The number of alkyl halides is 1. The molecule has 4 atom stereocenters. The van der Waals surface area contributed by atoms with Crippen LogP contribution in [-0.4, -0.2) is 63.2 Å². The lowest BCUT2D eigenvalue weighted by molar-refractivity contribution is -0.0456. The summed E-state index contributed by atoms with van der Waals surface area (Å²) in [6.45, 7) is 1.24. The summed E-state index contributed by atoms with van der Waals surface area (Å²) in [5.41, 5.74) is 7.16. The zero-order valence-electron chi connectivity index (χ0n) is 16.0. The highest BCUT2D eigenvalue weighted by Crippen LogP contribution is 2.38. The topological polar surface area (TPSA) is 181 Å². The minimum atomic E-state index is -4.29. The molecule has 1 fully saturated rings. The molecule has 0 spiro atoms. The number of halogens is 1. The third-order valence-electron chi connectivity index (χ3n) is 4.50. The third kappa shape index (κ3) is 4.46. The van der Waals surface area contributed by atoms with E-state index in [9.17, 15) is 17.9 Å². The van der Waals surface area contributed by atoms with Crippen LogP contribution in [-0.2, 0) is 19.2 Å². The van der Waals surface area contributed by atoms with E-state index in [4.69, 9.17) is 15.6 Å². The number of nitrogens with zero attached hydrogens (tertiary/aromatic N) is 5. The largest absolute Gasteiger partial charge is 0.387 e. The van der Waals surface area contributed by atoms with Crippen LogP contribution in [0, 0.1) is 6.92 Å². The summed E-state index contributed by atoms with van der Waals surface area (Å²) in [5, 5.41) is 20.6. The van der Waals surface area contributed by atoms with Crippen LogP contribution in [0.25, 0.3) is 11.0 Å². The minimum Gasteiger partial charge on any atom is -0.387 e. The van der Waals surface area contributed by atoms with Crippen LogP contribution >= 0.6 is 11.8 Å². The average Bonchev–Trinajstić information content (AvgIpc) is 3.20. The van der Waals surface area contributed by atoms with Crippen molar-refractivity contribution in [2.45, 2.75) is 41.6 Å². The number of pyridine rings is 1. The first-order chi connectivity index (χ1) is 14.6. The lowest BCUT2D eigenvalue weighted by Gasteiger charge is -2.14. The Bertz CT molecular complexity index is 1210. The number of rotatable bonds is 6. The van der Waals surface area contributed by atoms with Gasteiger partial charge in [0, 0.05) is 6.20 Å². The molecular weight excluding hydrogens is 453 g/mol. The maximum absolute atomic E-state index is 14.9. The van der Waals surface area contributed by atoms with Crippen LogP contribution in [0.15, 0.2) is 34.7 Å². The molecule has 1 saturated heterocycles. The van der Waals surface area contributed by atoms with Crippen molar-refractivity contribution in [3.05, 3.63) is 30.2 Å². The molecule has 4 rings (SSSR count). The molecule has 4 heterocycles. The molecule has 3 aromatic rings. The summed E-state index contributed by atoms with van der Waals surface area (Å²) >= 11 is 1.17. The molecule has 3 aromatic heterocycles. The van der Waals surface area contributed by atoms with Gasteiger partial charge in [-0.05, 0) is 30.3 Å². The van der Waals surface area contributed by atoms with Gasteiger partial charge in [-0.1, -0.05) is 6.07 Å². The van der Waals surface area contributed by atoms with E-state index in [1.807, 2.05) is 13.0 Å². The number of ether oxygens (including phenoxy) is 1. The van der Waals surface area contributed by atoms with Gasteiger partial charge >= 0.3 is 10.3 Å². The summed E-state index contributed by atoms with van der Waals surface area (Å²) in [7, 11) is -4.29. The van der Waals surface area contributed by atoms with Crippen LogP contribution < -0.4 is 10.9 Å². The first kappa shape index (κ1) is 21.8. The van der Waals surface area contributed by atoms with E-state index in [0.717, 1.165) is 10.2 Å². The van der Waals surface area contributed by atoms with E-state index >= 15 is 0 Å². The standard InChI is InChI=1S/C16H18FN7O5S2/c1-7-2-3-9(20-4-7)30-15-10-13(18)21-6-22-14(10)24(23-15)16-11(17)12(25)8(29-16)5-28-31(19,26)27/h2-4,6,8,11-12,16,25H,5H2,1H3,(H2,18,21,22)(H2,19,26,27)/t8-,11+,12-,16-/m1/s1. The van der Waals surface area contributed by atoms with Crippen molar-refractivity contribution in [1.82, 2.24) is 24.7 Å². The van der Waals surface area contributed by atoms with Crippen molar-refractivity contribution in [3.63, 3.8) is 0 Å². The molecule has 1 aliphatic rings. The van der Waals surface area contributed by atoms with Gasteiger partial charge in [-0.3, -0.25) is 4.18 Å². The number of aliphatic hydroxyl groups excluding tert-OH is 1. The Morgan fingerprint density at radius 3 is 2.81 bits per heavy atom. The summed E-state index contributed by atoms with van der Waals surface area (Å²) in [6, 6.07) is 3.66. The Kier molecular flexibility index (Phi) is 5.80. The Hall–Kier alpha value is -2.43. The quantitative estimate of drug-likeness (QED) is 0.443. The molecule has 166 valence electrons. The summed E-state index contributed by atoms with van der Waals surface area (Å²) in [5.74, 6) is 0.119. The molecule has 0 bridgehead atoms. The fourth-order valence-electron chi connectivity index (χ4n) is 3.03. The van der Waals surface area contributed by atoms with Gasteiger partial charge in [0.05, 0.1) is 12.0 Å². The van der Waals surface area contributed by atoms with Gasteiger partial charge < -0.3 is 15.6 Å². The number of aryl methyl sites for hydroxylation is 1. The van der Waals surface area contributed by atoms with E-state index in [2.05, 4.69) is 24.2 Å². The monoisotopic (exact) mass is 471 g/mol. The van der Waals surface area contributed by atoms with Gasteiger partial charge in [-0.25, -0.2) is 29.2 Å². The van der Waals surface area contributed by atoms with Crippen LogP contribution in [0.1, 0.15) is 11.8 Å². The lowest BCUT2D eigenvalue weighted by atomic mass is 10.1. The number of nitrogen functional groups attached to an aromatic ring is 1. The Morgan fingerprint density at radius 2 is 2.13 bits per heavy atom. The van der Waals surface area contributed by atoms with Crippen molar-refractivity contribution in [1.29, 1.82) is 0 Å². The second-order valence-corrected chi connectivity index (χ2v) is 8.99. The predicted molar refractivity (Wildman–Crippen MR) is 107 cm³/mol. The maximum atomic E-state index is 14.9. The van der Waals surface area contributed by atoms with Gasteiger partial charge in [-0.15, -0.1) is 0 Å². The van der Waals surface area contributed by atoms with Gasteiger partial charge in [0.2, 0.25) is 0 Å². The SMILES string of the molecule is Cc1ccc(Sc2nn([C@@H]3O[C@H](COS(N)(=O)=O)[C@@H](O)[C@@H]3F)c3ncnc(N)c23)nc1. The molecule has 0 saturated carbocycles. The van der Waals surface area contributed by atoms with E-state index in [-0.39, 0.29) is 11.5 Å². The summed E-state index contributed by atoms with van der Waals surface area (Å²) < 4.78 is 48.0. The second-order valence-electron chi connectivity index (χ2n) is 6.76. The van der Waals surface area contributed by atoms with Crippen LogP contribution in [0.3, 0.4) is 0 Å². The molecule has 0 aromatic carbocycles. The molecule has 5 N–H and O–H groups in total. The van der Waals surface area contributed by atoms with Crippen molar-refractivity contribution in [2.24, 2.45) is 5.14 Å². The van der Waals surface area contributed by atoms with E-state index in [1.165, 1.54) is 18.1 Å². The Balaban J connectivity index is 1.69. The highest BCUT2D eigenvalue weighted by Gasteiger charge is 2.47. The fraction of sp³-hybridized carbons (Fsp3) is 0.375. The predicted octanol–water partition coefficient (Wildman–Crippen LogP) is 0.0796. The van der Waals surface area contributed by atoms with E-state index < -0.39 is 41.5 Å². The van der Waals surface area contributed by atoms with Gasteiger partial charge in [-0.2, -0.15) is 13.5 Å². The number of hydrogen-bond donors (Lipinski definition) is 3. The smallest absolute Gasteiger partial charge is 0.333 e. The highest BCUT2D eigenvalue weighted by molar-refractivity contribution is 7.99. The molecule has 0 amide bonds. The average molecular weight is 471 g/mol. The second kappa shape index (κ2) is 8.25. The molecule has 0 aliphatic carbocycles. The first-order valence-corrected chi connectivity index (χ1v) is 11.2. The van der Waals surface area contributed by atoms with Crippen LogP contribution in [0.5, 0.6) is 0 Å². The number of nitrogens with two attached hydrogens (primary N) is 2. The number of aromatic nitrogens is 5. The molecule has 0 radical (unpaired) electrons. The first-order valence-electron chi connectivity index (χ1n) is 8.88. The van der Waals surface area contributed by atoms with Crippen molar-refractivity contribution < 1.29 is 26.8 Å². The van der Waals surface area contributed by atoms with Gasteiger partial charge in [0.1, 0.15) is 34.4 Å². The van der Waals surface area contributed by atoms with E-state index in [0.29, 0.717) is 15.4 Å². The molecule has 1 aliphatic heterocycles. The molecular formula is C16H18FN7O5S2. The fourth-order valence-corrected chi connectivity index (χ4v) is 4.22.